The number of anilines is 3. The highest BCUT2D eigenvalue weighted by atomic mass is 16.2. The van der Waals surface area contributed by atoms with Crippen LogP contribution in [-0.4, -0.2) is 21.9 Å². The summed E-state index contributed by atoms with van der Waals surface area (Å²) in [4.78, 5) is 23.8. The molecule has 0 spiro atoms. The molecule has 0 saturated heterocycles. The summed E-state index contributed by atoms with van der Waals surface area (Å²) in [5.41, 5.74) is 3.57. The molecule has 1 aromatic heterocycles. The molecule has 0 saturated carbocycles. The van der Waals surface area contributed by atoms with E-state index in [9.17, 15) is 10.1 Å². The molecule has 28 heavy (non-hydrogen) atoms. The van der Waals surface area contributed by atoms with Gasteiger partial charge in [-0.3, -0.25) is 4.79 Å². The Bertz CT molecular complexity index is 1100. The fourth-order valence-electron chi connectivity index (χ4n) is 3.57. The Hall–Kier alpha value is -3.72. The van der Waals surface area contributed by atoms with Gasteiger partial charge < -0.3 is 10.2 Å². The van der Waals surface area contributed by atoms with Crippen LogP contribution in [0.1, 0.15) is 34.4 Å². The third kappa shape index (κ3) is 3.19. The van der Waals surface area contributed by atoms with Crippen molar-refractivity contribution in [3.8, 4) is 6.07 Å². The van der Waals surface area contributed by atoms with Crippen LogP contribution in [0.2, 0.25) is 0 Å². The van der Waals surface area contributed by atoms with E-state index < -0.39 is 0 Å². The third-order valence-corrected chi connectivity index (χ3v) is 4.79. The first kappa shape index (κ1) is 17.7. The van der Waals surface area contributed by atoms with Gasteiger partial charge in [-0.2, -0.15) is 5.26 Å². The first-order valence-electron chi connectivity index (χ1n) is 9.10. The molecule has 1 unspecified atom stereocenters. The van der Waals surface area contributed by atoms with E-state index >= 15 is 0 Å². The SMILES string of the molecule is Cc1nc(Nc2ccccc2C#N)cc(C(=O)N2c3ccccc3CC2C)n1. The van der Waals surface area contributed by atoms with Crippen molar-refractivity contribution in [3.05, 3.63) is 77.2 Å². The highest BCUT2D eigenvalue weighted by Crippen LogP contribution is 2.33. The maximum absolute atomic E-state index is 13.3. The Balaban J connectivity index is 1.68. The van der Waals surface area contributed by atoms with Crippen molar-refractivity contribution in [1.82, 2.24) is 9.97 Å². The Morgan fingerprint density at radius 3 is 2.75 bits per heavy atom. The predicted molar refractivity (Wildman–Crippen MR) is 108 cm³/mol. The second-order valence-corrected chi connectivity index (χ2v) is 6.83. The van der Waals surface area contributed by atoms with Crippen molar-refractivity contribution >= 4 is 23.1 Å². The van der Waals surface area contributed by atoms with Crippen LogP contribution in [0.5, 0.6) is 0 Å². The molecular formula is C22H19N5O. The number of carbonyl (C=O) groups is 1. The van der Waals surface area contributed by atoms with Gasteiger partial charge in [0.05, 0.1) is 11.3 Å². The van der Waals surface area contributed by atoms with Gasteiger partial charge in [-0.25, -0.2) is 9.97 Å². The maximum atomic E-state index is 13.3. The molecule has 2 heterocycles. The van der Waals surface area contributed by atoms with E-state index in [2.05, 4.69) is 27.4 Å². The van der Waals surface area contributed by atoms with Gasteiger partial charge in [0.1, 0.15) is 23.4 Å². The summed E-state index contributed by atoms with van der Waals surface area (Å²) < 4.78 is 0. The number of nitrogens with zero attached hydrogens (tertiary/aromatic N) is 4. The number of aryl methyl sites for hydroxylation is 1. The molecule has 6 heteroatoms. The number of nitriles is 1. The van der Waals surface area contributed by atoms with E-state index in [1.165, 1.54) is 0 Å². The summed E-state index contributed by atoms with van der Waals surface area (Å²) in [6.45, 7) is 3.79. The van der Waals surface area contributed by atoms with Gasteiger partial charge in [0.25, 0.3) is 5.91 Å². The molecule has 1 atom stereocenters. The fourth-order valence-corrected chi connectivity index (χ4v) is 3.57. The number of nitrogens with one attached hydrogen (secondary N) is 1. The second kappa shape index (κ2) is 7.12. The molecule has 0 aliphatic carbocycles. The van der Waals surface area contributed by atoms with Gasteiger partial charge in [-0.1, -0.05) is 30.3 Å². The third-order valence-electron chi connectivity index (χ3n) is 4.79. The zero-order valence-electron chi connectivity index (χ0n) is 15.7. The molecule has 3 aromatic rings. The molecule has 1 amide bonds. The van der Waals surface area contributed by atoms with E-state index in [0.717, 1.165) is 17.7 Å². The van der Waals surface area contributed by atoms with Gasteiger partial charge in [-0.05, 0) is 44.0 Å². The Morgan fingerprint density at radius 2 is 1.93 bits per heavy atom. The maximum Gasteiger partial charge on any atom is 0.277 e. The van der Waals surface area contributed by atoms with E-state index in [1.807, 2.05) is 31.2 Å². The van der Waals surface area contributed by atoms with Crippen LogP contribution in [0.25, 0.3) is 0 Å². The number of para-hydroxylation sites is 2. The zero-order valence-corrected chi connectivity index (χ0v) is 15.7. The van der Waals surface area contributed by atoms with Gasteiger partial charge >= 0.3 is 0 Å². The highest BCUT2D eigenvalue weighted by Gasteiger charge is 2.32. The fraction of sp³-hybridized carbons (Fsp3) is 0.182. The smallest absolute Gasteiger partial charge is 0.277 e. The minimum absolute atomic E-state index is 0.0656. The summed E-state index contributed by atoms with van der Waals surface area (Å²) in [7, 11) is 0. The average molecular weight is 369 g/mol. The molecular weight excluding hydrogens is 350 g/mol. The number of hydrogen-bond donors (Lipinski definition) is 1. The minimum atomic E-state index is -0.153. The molecule has 6 nitrogen and oxygen atoms in total. The van der Waals surface area contributed by atoms with Crippen LogP contribution in [-0.2, 0) is 6.42 Å². The Morgan fingerprint density at radius 1 is 1.18 bits per heavy atom. The number of hydrogen-bond acceptors (Lipinski definition) is 5. The molecule has 0 radical (unpaired) electrons. The number of aromatic nitrogens is 2. The van der Waals surface area contributed by atoms with Crippen LogP contribution in [0.4, 0.5) is 17.2 Å². The molecule has 4 rings (SSSR count). The van der Waals surface area contributed by atoms with Crippen LogP contribution >= 0.6 is 0 Å². The van der Waals surface area contributed by atoms with Crippen molar-refractivity contribution in [2.24, 2.45) is 0 Å². The topological polar surface area (TPSA) is 81.9 Å². The molecule has 1 N–H and O–H groups in total. The van der Waals surface area contributed by atoms with Crippen molar-refractivity contribution in [3.63, 3.8) is 0 Å². The summed E-state index contributed by atoms with van der Waals surface area (Å²) in [6, 6.07) is 19.0. The number of carbonyl (C=O) groups excluding carboxylic acids is 1. The first-order chi connectivity index (χ1) is 13.6. The van der Waals surface area contributed by atoms with Crippen LogP contribution in [0.3, 0.4) is 0 Å². The normalized spacial score (nSPS) is 15.0. The zero-order chi connectivity index (χ0) is 19.7. The van der Waals surface area contributed by atoms with E-state index in [-0.39, 0.29) is 11.9 Å². The largest absolute Gasteiger partial charge is 0.339 e. The lowest BCUT2D eigenvalue weighted by molar-refractivity contribution is 0.0976. The van der Waals surface area contributed by atoms with Crippen molar-refractivity contribution in [1.29, 1.82) is 5.26 Å². The lowest BCUT2D eigenvalue weighted by Crippen LogP contribution is -2.36. The van der Waals surface area contributed by atoms with Gasteiger partial charge in [-0.15, -0.1) is 0 Å². The van der Waals surface area contributed by atoms with Crippen molar-refractivity contribution in [2.45, 2.75) is 26.3 Å². The Labute approximate surface area is 163 Å². The summed E-state index contributed by atoms with van der Waals surface area (Å²) in [5.74, 6) is 0.821. The molecule has 1 aliphatic heterocycles. The van der Waals surface area contributed by atoms with Gasteiger partial charge in [0.2, 0.25) is 0 Å². The monoisotopic (exact) mass is 369 g/mol. The summed E-state index contributed by atoms with van der Waals surface area (Å²) >= 11 is 0. The van der Waals surface area contributed by atoms with Gasteiger partial charge in [0.15, 0.2) is 0 Å². The lowest BCUT2D eigenvalue weighted by atomic mass is 10.1. The molecule has 138 valence electrons. The average Bonchev–Trinajstić information content (AvgIpc) is 3.03. The van der Waals surface area contributed by atoms with Crippen LogP contribution in [0.15, 0.2) is 54.6 Å². The minimum Gasteiger partial charge on any atom is -0.339 e. The van der Waals surface area contributed by atoms with Crippen molar-refractivity contribution < 1.29 is 4.79 Å². The van der Waals surface area contributed by atoms with E-state index in [1.54, 1.807) is 36.1 Å². The highest BCUT2D eigenvalue weighted by molar-refractivity contribution is 6.07. The van der Waals surface area contributed by atoms with E-state index in [0.29, 0.717) is 28.6 Å². The predicted octanol–water partition coefficient (Wildman–Crippen LogP) is 3.99. The summed E-state index contributed by atoms with van der Waals surface area (Å²) in [6.07, 6.45) is 0.826. The summed E-state index contributed by atoms with van der Waals surface area (Å²) in [5, 5.41) is 12.4. The number of amides is 1. The van der Waals surface area contributed by atoms with Crippen LogP contribution < -0.4 is 10.2 Å². The van der Waals surface area contributed by atoms with Crippen LogP contribution in [0, 0.1) is 18.3 Å². The molecule has 2 aromatic carbocycles. The quantitative estimate of drug-likeness (QED) is 0.755. The van der Waals surface area contributed by atoms with Gasteiger partial charge in [0, 0.05) is 17.8 Å². The molecule has 0 bridgehead atoms. The van der Waals surface area contributed by atoms with E-state index in [4.69, 9.17) is 0 Å². The lowest BCUT2D eigenvalue weighted by Gasteiger charge is -2.22. The molecule has 1 aliphatic rings. The number of rotatable bonds is 3. The standard InChI is InChI=1S/C22H19N5O/c1-14-11-16-7-4-6-10-20(16)27(14)22(28)19-12-21(25-15(2)24-19)26-18-9-5-3-8-17(18)13-23/h3-10,12,14H,11H2,1-2H3,(H,24,25,26). The number of fused-ring (bicyclic) bond motifs is 1. The first-order valence-corrected chi connectivity index (χ1v) is 9.10. The number of benzene rings is 2. The van der Waals surface area contributed by atoms with Crippen molar-refractivity contribution in [2.75, 3.05) is 10.2 Å². The Kier molecular flexibility index (Phi) is 4.50. The molecule has 0 fully saturated rings. The second-order valence-electron chi connectivity index (χ2n) is 6.83.